The molecular weight excluding hydrogens is 286 g/mol. The second kappa shape index (κ2) is 6.22. The molecule has 106 valence electrons. The van der Waals surface area contributed by atoms with E-state index >= 15 is 0 Å². The summed E-state index contributed by atoms with van der Waals surface area (Å²) in [6.45, 7) is 0.694. The van der Waals surface area contributed by atoms with E-state index in [4.69, 9.17) is 11.6 Å². The summed E-state index contributed by atoms with van der Waals surface area (Å²) in [6.07, 6.45) is 0.719. The van der Waals surface area contributed by atoms with E-state index in [1.807, 2.05) is 6.07 Å². The molecular formula is C13H18ClNO3S. The molecule has 2 rings (SSSR count). The Morgan fingerprint density at radius 2 is 2.16 bits per heavy atom. The lowest BCUT2D eigenvalue weighted by Crippen LogP contribution is -2.33. The Hall–Kier alpha value is -0.620. The van der Waals surface area contributed by atoms with E-state index < -0.39 is 15.9 Å². The lowest BCUT2D eigenvalue weighted by Gasteiger charge is -2.15. The summed E-state index contributed by atoms with van der Waals surface area (Å²) in [5.74, 6) is 0.284. The minimum atomic E-state index is -2.93. The monoisotopic (exact) mass is 303 g/mol. The molecule has 2 unspecified atom stereocenters. The van der Waals surface area contributed by atoms with Crippen molar-refractivity contribution in [3.8, 4) is 0 Å². The predicted octanol–water partition coefficient (Wildman–Crippen LogP) is 1.54. The van der Waals surface area contributed by atoms with E-state index in [1.54, 1.807) is 18.2 Å². The summed E-state index contributed by atoms with van der Waals surface area (Å²) in [5, 5.41) is 13.2. The third kappa shape index (κ3) is 3.69. The Morgan fingerprint density at radius 3 is 2.79 bits per heavy atom. The molecule has 1 aromatic rings. The second-order valence-corrected chi connectivity index (χ2v) is 7.63. The van der Waals surface area contributed by atoms with Crippen LogP contribution in [0.2, 0.25) is 5.02 Å². The fraction of sp³-hybridized carbons (Fsp3) is 0.538. The van der Waals surface area contributed by atoms with Crippen molar-refractivity contribution in [2.45, 2.75) is 24.2 Å². The molecule has 0 radical (unpaired) electrons. The number of nitrogens with one attached hydrogen (secondary N) is 1. The molecule has 1 aromatic carbocycles. The zero-order valence-electron chi connectivity index (χ0n) is 10.5. The molecule has 1 fully saturated rings. The maximum atomic E-state index is 11.6. The van der Waals surface area contributed by atoms with Gasteiger partial charge >= 0.3 is 0 Å². The molecule has 0 bridgehead atoms. The molecule has 0 saturated carbocycles. The largest absolute Gasteiger partial charge is 0.387 e. The molecule has 1 aliphatic heterocycles. The van der Waals surface area contributed by atoms with Crippen molar-refractivity contribution >= 4 is 21.4 Å². The van der Waals surface area contributed by atoms with E-state index in [0.29, 0.717) is 30.1 Å². The van der Waals surface area contributed by atoms with Crippen LogP contribution in [-0.4, -0.2) is 37.6 Å². The highest BCUT2D eigenvalue weighted by molar-refractivity contribution is 7.92. The highest BCUT2D eigenvalue weighted by Gasteiger charge is 2.30. The Kier molecular flexibility index (Phi) is 4.84. The van der Waals surface area contributed by atoms with Crippen LogP contribution >= 0.6 is 11.6 Å². The number of rotatable bonds is 5. The number of halogens is 1. The van der Waals surface area contributed by atoms with Crippen molar-refractivity contribution in [3.05, 3.63) is 34.9 Å². The molecule has 1 saturated heterocycles. The van der Waals surface area contributed by atoms with Crippen LogP contribution in [0.3, 0.4) is 0 Å². The van der Waals surface area contributed by atoms with E-state index in [2.05, 4.69) is 5.32 Å². The second-order valence-electron chi connectivity index (χ2n) is 4.83. The van der Waals surface area contributed by atoms with Crippen molar-refractivity contribution in [2.24, 2.45) is 0 Å². The smallest absolute Gasteiger partial charge is 0.154 e. The van der Waals surface area contributed by atoms with Gasteiger partial charge in [-0.1, -0.05) is 29.8 Å². The number of hydrogen-bond donors (Lipinski definition) is 2. The maximum absolute atomic E-state index is 11.6. The zero-order valence-corrected chi connectivity index (χ0v) is 12.1. The summed E-state index contributed by atoms with van der Waals surface area (Å²) in [7, 11) is -2.93. The zero-order chi connectivity index (χ0) is 13.9. The predicted molar refractivity (Wildman–Crippen MR) is 76.1 cm³/mol. The molecule has 1 aliphatic rings. The summed E-state index contributed by atoms with van der Waals surface area (Å²) in [6, 6.07) is 7.10. The number of benzene rings is 1. The number of sulfone groups is 1. The first-order valence-corrected chi connectivity index (χ1v) is 8.45. The molecule has 2 atom stereocenters. The number of aliphatic hydroxyl groups is 1. The van der Waals surface area contributed by atoms with Gasteiger partial charge in [-0.25, -0.2) is 8.42 Å². The highest BCUT2D eigenvalue weighted by atomic mass is 35.5. The molecule has 1 heterocycles. The summed E-state index contributed by atoms with van der Waals surface area (Å²) >= 11 is 5.99. The molecule has 0 spiro atoms. The Balaban J connectivity index is 1.85. The van der Waals surface area contributed by atoms with E-state index in [0.717, 1.165) is 6.42 Å². The van der Waals surface area contributed by atoms with Crippen LogP contribution in [0.4, 0.5) is 0 Å². The Morgan fingerprint density at radius 1 is 1.42 bits per heavy atom. The quantitative estimate of drug-likeness (QED) is 0.866. The van der Waals surface area contributed by atoms with Crippen LogP contribution in [0.25, 0.3) is 0 Å². The van der Waals surface area contributed by atoms with Crippen LogP contribution in [0, 0.1) is 0 Å². The maximum Gasteiger partial charge on any atom is 0.154 e. The first-order valence-electron chi connectivity index (χ1n) is 6.35. The fourth-order valence-corrected chi connectivity index (χ4v) is 4.39. The topological polar surface area (TPSA) is 66.4 Å². The highest BCUT2D eigenvalue weighted by Crippen LogP contribution is 2.22. The molecule has 19 heavy (non-hydrogen) atoms. The third-order valence-electron chi connectivity index (χ3n) is 3.44. The van der Waals surface area contributed by atoms with Gasteiger partial charge in [0.15, 0.2) is 9.84 Å². The summed E-state index contributed by atoms with van der Waals surface area (Å²) < 4.78 is 23.3. The van der Waals surface area contributed by atoms with Gasteiger partial charge in [-0.3, -0.25) is 0 Å². The normalized spacial score (nSPS) is 23.4. The van der Waals surface area contributed by atoms with Gasteiger partial charge in [0.1, 0.15) is 0 Å². The molecule has 0 amide bonds. The van der Waals surface area contributed by atoms with Crippen LogP contribution in [-0.2, 0) is 9.84 Å². The lowest BCUT2D eigenvalue weighted by atomic mass is 10.1. The molecule has 0 aliphatic carbocycles. The van der Waals surface area contributed by atoms with Crippen molar-refractivity contribution in [2.75, 3.05) is 18.8 Å². The summed E-state index contributed by atoms with van der Waals surface area (Å²) in [4.78, 5) is 0. The average molecular weight is 304 g/mol. The van der Waals surface area contributed by atoms with Gasteiger partial charge in [0, 0.05) is 23.7 Å². The van der Waals surface area contributed by atoms with Gasteiger partial charge in [0.25, 0.3) is 0 Å². The van der Waals surface area contributed by atoms with E-state index in [9.17, 15) is 13.5 Å². The minimum absolute atomic E-state index is 0.284. The average Bonchev–Trinajstić information content (AvgIpc) is 2.69. The number of hydrogen-bond acceptors (Lipinski definition) is 4. The van der Waals surface area contributed by atoms with Crippen LogP contribution in [0.1, 0.15) is 24.5 Å². The standard InChI is InChI=1S/C13H18ClNO3S/c14-12-6-2-1-5-11(12)13(16)9-15-8-10-4-3-7-19(10,17)18/h1-2,5-6,10,13,15-16H,3-4,7-9H2. The van der Waals surface area contributed by atoms with E-state index in [-0.39, 0.29) is 11.0 Å². The van der Waals surface area contributed by atoms with Gasteiger partial charge in [-0.2, -0.15) is 0 Å². The van der Waals surface area contributed by atoms with Gasteiger partial charge in [0.05, 0.1) is 17.1 Å². The van der Waals surface area contributed by atoms with Crippen LogP contribution < -0.4 is 5.32 Å². The number of aliphatic hydroxyl groups excluding tert-OH is 1. The van der Waals surface area contributed by atoms with Crippen molar-refractivity contribution in [1.82, 2.24) is 5.32 Å². The van der Waals surface area contributed by atoms with E-state index in [1.165, 1.54) is 0 Å². The lowest BCUT2D eigenvalue weighted by molar-refractivity contribution is 0.175. The fourth-order valence-electron chi connectivity index (χ4n) is 2.32. The molecule has 6 heteroatoms. The van der Waals surface area contributed by atoms with Crippen molar-refractivity contribution in [3.63, 3.8) is 0 Å². The molecule has 2 N–H and O–H groups in total. The van der Waals surface area contributed by atoms with Crippen LogP contribution in [0.5, 0.6) is 0 Å². The van der Waals surface area contributed by atoms with Crippen molar-refractivity contribution < 1.29 is 13.5 Å². The first kappa shape index (κ1) is 14.8. The SMILES string of the molecule is O=S1(=O)CCCC1CNCC(O)c1ccccc1Cl. The van der Waals surface area contributed by atoms with Crippen LogP contribution in [0.15, 0.2) is 24.3 Å². The third-order valence-corrected chi connectivity index (χ3v) is 6.06. The van der Waals surface area contributed by atoms with Gasteiger partial charge in [-0.05, 0) is 18.9 Å². The summed E-state index contributed by atoms with van der Waals surface area (Å²) in [5.41, 5.74) is 0.658. The van der Waals surface area contributed by atoms with Gasteiger partial charge < -0.3 is 10.4 Å². The molecule has 0 aromatic heterocycles. The first-order chi connectivity index (χ1) is 9.00. The van der Waals surface area contributed by atoms with Gasteiger partial charge in [-0.15, -0.1) is 0 Å². The minimum Gasteiger partial charge on any atom is -0.387 e. The molecule has 4 nitrogen and oxygen atoms in total. The van der Waals surface area contributed by atoms with Gasteiger partial charge in [0.2, 0.25) is 0 Å². The Labute approximate surface area is 118 Å². The Bertz CT molecular complexity index is 532. The van der Waals surface area contributed by atoms with Crippen molar-refractivity contribution in [1.29, 1.82) is 0 Å².